The number of alkyl halides is 3. The Morgan fingerprint density at radius 2 is 1.68 bits per heavy atom. The van der Waals surface area contributed by atoms with Crippen molar-refractivity contribution in [1.29, 1.82) is 0 Å². The molecular weight excluding hydrogens is 420 g/mol. The number of rotatable bonds is 3. The molecule has 3 rings (SSSR count). The Balaban J connectivity index is 2.18. The monoisotopic (exact) mass is 432 g/mol. The van der Waals surface area contributed by atoms with Crippen LogP contribution in [0, 0.1) is 5.92 Å². The minimum Gasteiger partial charge on any atom is -0.363 e. The van der Waals surface area contributed by atoms with Gasteiger partial charge >= 0.3 is 12.2 Å². The lowest BCUT2D eigenvalue weighted by Gasteiger charge is -2.45. The maximum Gasteiger partial charge on any atom is 0.437 e. The zero-order valence-corrected chi connectivity index (χ0v) is 15.4. The Bertz CT molecular complexity index is 921. The standard InChI is InChI=1S/C18H13Cl2F3N2O3/c19-10-7-5-9(6-8-10)15(26)13-14(11-3-1-2-4-12(11)20)24-16(27)25-17(13,28)18(21,22)23/h1-8,13-14,28H,(H2,24,25,27)/t13-,14+,17-/m0/s1. The van der Waals surface area contributed by atoms with E-state index in [-0.39, 0.29) is 21.2 Å². The second-order valence-corrected chi connectivity index (χ2v) is 7.05. The number of carbonyl (C=O) groups is 2. The molecule has 2 amide bonds. The number of aliphatic hydroxyl groups is 1. The highest BCUT2D eigenvalue weighted by atomic mass is 35.5. The van der Waals surface area contributed by atoms with Gasteiger partial charge in [-0.1, -0.05) is 41.4 Å². The third-order valence-corrected chi connectivity index (χ3v) is 5.05. The topological polar surface area (TPSA) is 78.4 Å². The van der Waals surface area contributed by atoms with Crippen molar-refractivity contribution in [2.75, 3.05) is 0 Å². The van der Waals surface area contributed by atoms with Crippen molar-refractivity contribution in [1.82, 2.24) is 10.6 Å². The molecule has 2 aromatic rings. The van der Waals surface area contributed by atoms with Crippen LogP contribution < -0.4 is 10.6 Å². The molecular formula is C18H13Cl2F3N2O3. The van der Waals surface area contributed by atoms with Crippen LogP contribution >= 0.6 is 23.2 Å². The van der Waals surface area contributed by atoms with Crippen molar-refractivity contribution in [3.8, 4) is 0 Å². The van der Waals surface area contributed by atoms with Gasteiger partial charge in [-0.3, -0.25) is 4.79 Å². The summed E-state index contributed by atoms with van der Waals surface area (Å²) in [4.78, 5) is 25.0. The number of hydrogen-bond acceptors (Lipinski definition) is 3. The number of urea groups is 1. The highest BCUT2D eigenvalue weighted by molar-refractivity contribution is 6.31. The maximum absolute atomic E-state index is 13.8. The third kappa shape index (κ3) is 3.55. The molecule has 3 N–H and O–H groups in total. The second kappa shape index (κ2) is 7.27. The van der Waals surface area contributed by atoms with Crippen molar-refractivity contribution < 1.29 is 27.9 Å². The average molecular weight is 433 g/mol. The molecule has 10 heteroatoms. The molecule has 1 fully saturated rings. The predicted molar refractivity (Wildman–Crippen MR) is 96.1 cm³/mol. The lowest BCUT2D eigenvalue weighted by molar-refractivity contribution is -0.287. The van der Waals surface area contributed by atoms with Crippen LogP contribution in [0.25, 0.3) is 0 Å². The number of Topliss-reactive ketones (excluding diaryl/α,β-unsaturated/α-hetero) is 1. The van der Waals surface area contributed by atoms with E-state index in [0.717, 1.165) is 0 Å². The minimum atomic E-state index is -5.34. The van der Waals surface area contributed by atoms with Gasteiger partial charge in [-0.25, -0.2) is 4.79 Å². The quantitative estimate of drug-likeness (QED) is 0.638. The fourth-order valence-electron chi connectivity index (χ4n) is 3.12. The van der Waals surface area contributed by atoms with E-state index in [1.54, 1.807) is 6.07 Å². The minimum absolute atomic E-state index is 0.0353. The number of amides is 2. The highest BCUT2D eigenvalue weighted by Gasteiger charge is 2.66. The van der Waals surface area contributed by atoms with Gasteiger partial charge in [0.25, 0.3) is 0 Å². The van der Waals surface area contributed by atoms with Crippen LogP contribution in [0.3, 0.4) is 0 Å². The molecule has 5 nitrogen and oxygen atoms in total. The first-order valence-corrected chi connectivity index (χ1v) is 8.72. The normalized spacial score (nSPS) is 25.0. The molecule has 0 spiro atoms. The first-order valence-electron chi connectivity index (χ1n) is 7.96. The van der Waals surface area contributed by atoms with Crippen LogP contribution in [-0.4, -0.2) is 28.8 Å². The molecule has 148 valence electrons. The van der Waals surface area contributed by atoms with Crippen LogP contribution in [0.5, 0.6) is 0 Å². The molecule has 0 unspecified atom stereocenters. The van der Waals surface area contributed by atoms with E-state index >= 15 is 0 Å². The summed E-state index contributed by atoms with van der Waals surface area (Å²) in [5, 5.41) is 14.5. The van der Waals surface area contributed by atoms with Gasteiger partial charge in [-0.2, -0.15) is 13.2 Å². The molecule has 0 aromatic heterocycles. The molecule has 0 saturated carbocycles. The van der Waals surface area contributed by atoms with E-state index in [4.69, 9.17) is 23.2 Å². The molecule has 1 aliphatic rings. The molecule has 1 aliphatic heterocycles. The van der Waals surface area contributed by atoms with Gasteiger partial charge in [-0.05, 0) is 35.9 Å². The largest absolute Gasteiger partial charge is 0.437 e. The lowest BCUT2D eigenvalue weighted by Crippen LogP contribution is -2.72. The zero-order chi connectivity index (χ0) is 20.7. The van der Waals surface area contributed by atoms with Crippen LogP contribution in [0.4, 0.5) is 18.0 Å². The van der Waals surface area contributed by atoms with Crippen LogP contribution in [0.2, 0.25) is 10.0 Å². The average Bonchev–Trinajstić information content (AvgIpc) is 2.60. The molecule has 1 heterocycles. The summed E-state index contributed by atoms with van der Waals surface area (Å²) < 4.78 is 41.3. The number of hydrogen-bond donors (Lipinski definition) is 3. The van der Waals surface area contributed by atoms with Crippen molar-refractivity contribution in [3.05, 3.63) is 69.7 Å². The van der Waals surface area contributed by atoms with Gasteiger partial charge in [0.15, 0.2) is 5.78 Å². The predicted octanol–water partition coefficient (Wildman–Crippen LogP) is 4.10. The van der Waals surface area contributed by atoms with Gasteiger partial charge in [0.1, 0.15) is 5.92 Å². The fraction of sp³-hybridized carbons (Fsp3) is 0.222. The van der Waals surface area contributed by atoms with Gasteiger partial charge in [-0.15, -0.1) is 0 Å². The number of benzene rings is 2. The number of nitrogens with one attached hydrogen (secondary N) is 2. The smallest absolute Gasteiger partial charge is 0.363 e. The highest BCUT2D eigenvalue weighted by Crippen LogP contribution is 2.45. The van der Waals surface area contributed by atoms with Crippen molar-refractivity contribution in [2.24, 2.45) is 5.92 Å². The Labute approximate surface area is 167 Å². The van der Waals surface area contributed by atoms with E-state index in [1.165, 1.54) is 47.8 Å². The molecule has 0 aliphatic carbocycles. The Hall–Kier alpha value is -2.29. The molecule has 0 bridgehead atoms. The molecule has 0 radical (unpaired) electrons. The van der Waals surface area contributed by atoms with Crippen LogP contribution in [-0.2, 0) is 0 Å². The van der Waals surface area contributed by atoms with Crippen LogP contribution in [0.1, 0.15) is 22.0 Å². The van der Waals surface area contributed by atoms with Crippen molar-refractivity contribution in [3.63, 3.8) is 0 Å². The van der Waals surface area contributed by atoms with Gasteiger partial charge < -0.3 is 15.7 Å². The van der Waals surface area contributed by atoms with Gasteiger partial charge in [0.2, 0.25) is 5.72 Å². The van der Waals surface area contributed by atoms with E-state index in [0.29, 0.717) is 0 Å². The number of ketones is 1. The fourth-order valence-corrected chi connectivity index (χ4v) is 3.50. The van der Waals surface area contributed by atoms with Crippen LogP contribution in [0.15, 0.2) is 48.5 Å². The van der Waals surface area contributed by atoms with Crippen molar-refractivity contribution in [2.45, 2.75) is 17.9 Å². The van der Waals surface area contributed by atoms with E-state index < -0.39 is 35.7 Å². The zero-order valence-electron chi connectivity index (χ0n) is 13.9. The SMILES string of the molecule is O=C1N[C@H](c2ccccc2Cl)[C@@H](C(=O)c2ccc(Cl)cc2)[C@](O)(C(F)(F)F)N1. The summed E-state index contributed by atoms with van der Waals surface area (Å²) in [6, 6.07) is 8.14. The Kier molecular flexibility index (Phi) is 5.31. The first kappa shape index (κ1) is 20.4. The molecule has 1 saturated heterocycles. The third-order valence-electron chi connectivity index (χ3n) is 4.46. The second-order valence-electron chi connectivity index (χ2n) is 6.21. The summed E-state index contributed by atoms with van der Waals surface area (Å²) in [5.74, 6) is -3.19. The summed E-state index contributed by atoms with van der Waals surface area (Å²) >= 11 is 11.9. The molecule has 28 heavy (non-hydrogen) atoms. The van der Waals surface area contributed by atoms with Gasteiger partial charge in [0, 0.05) is 15.6 Å². The molecule has 2 aromatic carbocycles. The maximum atomic E-state index is 13.8. The summed E-state index contributed by atoms with van der Waals surface area (Å²) in [5.41, 5.74) is -3.86. The number of carbonyl (C=O) groups excluding carboxylic acids is 2. The summed E-state index contributed by atoms with van der Waals surface area (Å²) in [6.45, 7) is 0. The Morgan fingerprint density at radius 3 is 2.25 bits per heavy atom. The van der Waals surface area contributed by atoms with Gasteiger partial charge in [0.05, 0.1) is 6.04 Å². The first-order chi connectivity index (χ1) is 13.0. The summed E-state index contributed by atoms with van der Waals surface area (Å²) in [6.07, 6.45) is -5.34. The molecule has 3 atom stereocenters. The summed E-state index contributed by atoms with van der Waals surface area (Å²) in [7, 11) is 0. The van der Waals surface area contributed by atoms with Crippen molar-refractivity contribution >= 4 is 35.0 Å². The Morgan fingerprint density at radius 1 is 1.07 bits per heavy atom. The van der Waals surface area contributed by atoms with E-state index in [9.17, 15) is 27.9 Å². The lowest BCUT2D eigenvalue weighted by atomic mass is 9.77. The van der Waals surface area contributed by atoms with E-state index in [1.807, 2.05) is 0 Å². The number of halogens is 5. The van der Waals surface area contributed by atoms with E-state index in [2.05, 4.69) is 5.32 Å².